The average Bonchev–Trinajstić information content (AvgIpc) is 3.06. The first kappa shape index (κ1) is 18.9. The molecule has 1 aromatic carbocycles. The van der Waals surface area contributed by atoms with Crippen molar-refractivity contribution in [3.05, 3.63) is 65.5 Å². The first-order valence-electron chi connectivity index (χ1n) is 8.89. The molecule has 8 nitrogen and oxygen atoms in total. The lowest BCUT2D eigenvalue weighted by Crippen LogP contribution is -2.07. The summed E-state index contributed by atoms with van der Waals surface area (Å²) in [6.07, 6.45) is 6.32. The van der Waals surface area contributed by atoms with Crippen LogP contribution in [0.3, 0.4) is 0 Å². The van der Waals surface area contributed by atoms with Gasteiger partial charge in [-0.3, -0.25) is 4.79 Å². The second-order valence-electron chi connectivity index (χ2n) is 6.46. The molecule has 0 aliphatic carbocycles. The van der Waals surface area contributed by atoms with Crippen LogP contribution >= 0.6 is 0 Å². The maximum absolute atomic E-state index is 12.5. The molecule has 29 heavy (non-hydrogen) atoms. The lowest BCUT2D eigenvalue weighted by molar-refractivity contribution is 0.479. The number of rotatable bonds is 5. The number of aryl methyl sites for hydroxylation is 1. The Morgan fingerprint density at radius 1 is 1.14 bits per heavy atom. The molecule has 1 N–H and O–H groups in total. The topological polar surface area (TPSA) is 107 Å². The third-order valence-electron chi connectivity index (χ3n) is 4.67. The number of benzene rings is 1. The van der Waals surface area contributed by atoms with Crippen molar-refractivity contribution >= 4 is 20.7 Å². The molecule has 0 amide bonds. The van der Waals surface area contributed by atoms with Crippen LogP contribution in [0.4, 0.5) is 0 Å². The van der Waals surface area contributed by atoms with Gasteiger partial charge in [0.15, 0.2) is 9.84 Å². The molecule has 0 fully saturated rings. The molecule has 3 aromatic heterocycles. The smallest absolute Gasteiger partial charge is 0.272 e. The van der Waals surface area contributed by atoms with E-state index in [2.05, 4.69) is 15.2 Å². The van der Waals surface area contributed by atoms with Gasteiger partial charge in [0.25, 0.3) is 5.56 Å². The molecule has 0 aliphatic rings. The van der Waals surface area contributed by atoms with Crippen molar-refractivity contribution in [2.24, 2.45) is 7.05 Å². The number of fused-ring (bicyclic) bond motifs is 1. The molecule has 0 saturated heterocycles. The normalized spacial score (nSPS) is 11.7. The number of aromatic amines is 1. The summed E-state index contributed by atoms with van der Waals surface area (Å²) >= 11 is 0. The number of ether oxygens (including phenoxy) is 1. The van der Waals surface area contributed by atoms with Gasteiger partial charge < -0.3 is 14.3 Å². The standard InChI is InChI=1S/C20H18N4O4S/c1-3-29(26,27)14-4-5-18(28-13-6-9-22-23-11-13)16(10-14)17-12-24(2)19-15(17)7-8-21-20(19)25/h4-12H,3H2,1-2H3,(H,21,25). The number of aromatic nitrogens is 4. The first-order chi connectivity index (χ1) is 13.9. The van der Waals surface area contributed by atoms with Crippen LogP contribution in [-0.4, -0.2) is 33.9 Å². The number of hydrogen-bond acceptors (Lipinski definition) is 6. The Labute approximate surface area is 166 Å². The van der Waals surface area contributed by atoms with Crippen molar-refractivity contribution < 1.29 is 13.2 Å². The van der Waals surface area contributed by atoms with E-state index in [1.165, 1.54) is 18.5 Å². The third kappa shape index (κ3) is 3.40. The molecule has 0 bridgehead atoms. The van der Waals surface area contributed by atoms with Gasteiger partial charge in [0, 0.05) is 42.0 Å². The fourth-order valence-corrected chi connectivity index (χ4v) is 4.12. The van der Waals surface area contributed by atoms with E-state index < -0.39 is 9.84 Å². The van der Waals surface area contributed by atoms with Crippen molar-refractivity contribution in [1.82, 2.24) is 19.7 Å². The Balaban J connectivity index is 1.98. The molecular weight excluding hydrogens is 392 g/mol. The Morgan fingerprint density at radius 3 is 2.69 bits per heavy atom. The predicted molar refractivity (Wildman–Crippen MR) is 109 cm³/mol. The number of H-pyrrole nitrogens is 1. The van der Waals surface area contributed by atoms with Crippen molar-refractivity contribution in [3.63, 3.8) is 0 Å². The van der Waals surface area contributed by atoms with E-state index in [-0.39, 0.29) is 16.2 Å². The zero-order chi connectivity index (χ0) is 20.6. The third-order valence-corrected chi connectivity index (χ3v) is 6.40. The molecule has 9 heteroatoms. The van der Waals surface area contributed by atoms with Gasteiger partial charge in [0.1, 0.15) is 17.0 Å². The minimum atomic E-state index is -3.43. The lowest BCUT2D eigenvalue weighted by Gasteiger charge is -2.12. The zero-order valence-corrected chi connectivity index (χ0v) is 16.6. The number of sulfone groups is 1. The van der Waals surface area contributed by atoms with E-state index in [9.17, 15) is 13.2 Å². The summed E-state index contributed by atoms with van der Waals surface area (Å²) in [5, 5.41) is 8.22. The van der Waals surface area contributed by atoms with Gasteiger partial charge in [-0.15, -0.1) is 0 Å². The zero-order valence-electron chi connectivity index (χ0n) is 15.8. The SMILES string of the molecule is CCS(=O)(=O)c1ccc(Oc2ccnnc2)c(-c2cn(C)c3c(=O)[nH]ccc23)c1. The molecule has 0 radical (unpaired) electrons. The summed E-state index contributed by atoms with van der Waals surface area (Å²) in [7, 11) is -1.66. The van der Waals surface area contributed by atoms with Gasteiger partial charge in [-0.05, 0) is 24.3 Å². The van der Waals surface area contributed by atoms with Crippen LogP contribution in [0.5, 0.6) is 11.5 Å². The highest BCUT2D eigenvalue weighted by Crippen LogP contribution is 2.38. The fraction of sp³-hybridized carbons (Fsp3) is 0.150. The Morgan fingerprint density at radius 2 is 1.97 bits per heavy atom. The number of pyridine rings is 1. The summed E-state index contributed by atoms with van der Waals surface area (Å²) in [5.74, 6) is 0.891. The van der Waals surface area contributed by atoms with Gasteiger partial charge in [-0.2, -0.15) is 10.2 Å². The first-order valence-corrected chi connectivity index (χ1v) is 10.5. The molecular formula is C20H18N4O4S. The number of hydrogen-bond donors (Lipinski definition) is 1. The minimum Gasteiger partial charge on any atom is -0.455 e. The summed E-state index contributed by atoms with van der Waals surface area (Å²) in [6.45, 7) is 1.60. The van der Waals surface area contributed by atoms with Crippen LogP contribution in [-0.2, 0) is 16.9 Å². The van der Waals surface area contributed by atoms with Gasteiger partial charge in [0.2, 0.25) is 0 Å². The van der Waals surface area contributed by atoms with Gasteiger partial charge in [-0.25, -0.2) is 8.42 Å². The summed E-state index contributed by atoms with van der Waals surface area (Å²) in [4.78, 5) is 15.1. The Hall–Kier alpha value is -3.46. The largest absolute Gasteiger partial charge is 0.455 e. The van der Waals surface area contributed by atoms with Crippen molar-refractivity contribution in [2.45, 2.75) is 11.8 Å². The van der Waals surface area contributed by atoms with E-state index in [0.29, 0.717) is 33.5 Å². The Bertz CT molecular complexity index is 1360. The van der Waals surface area contributed by atoms with Crippen LogP contribution < -0.4 is 10.3 Å². The van der Waals surface area contributed by atoms with Crippen molar-refractivity contribution in [2.75, 3.05) is 5.75 Å². The van der Waals surface area contributed by atoms with Crippen molar-refractivity contribution in [1.29, 1.82) is 0 Å². The molecule has 0 spiro atoms. The average molecular weight is 410 g/mol. The maximum atomic E-state index is 12.5. The molecule has 4 rings (SSSR count). The van der Waals surface area contributed by atoms with Crippen molar-refractivity contribution in [3.8, 4) is 22.6 Å². The second kappa shape index (κ2) is 7.17. The highest BCUT2D eigenvalue weighted by atomic mass is 32.2. The van der Waals surface area contributed by atoms with E-state index in [1.807, 2.05) is 0 Å². The molecule has 4 aromatic rings. The monoisotopic (exact) mass is 410 g/mol. The Kier molecular flexibility index (Phi) is 4.67. The van der Waals surface area contributed by atoms with E-state index in [1.54, 1.807) is 55.2 Å². The van der Waals surface area contributed by atoms with E-state index in [4.69, 9.17) is 4.74 Å². The predicted octanol–water partition coefficient (Wildman–Crippen LogP) is 2.91. The van der Waals surface area contributed by atoms with Crippen LogP contribution in [0, 0.1) is 0 Å². The molecule has 0 unspecified atom stereocenters. The molecule has 148 valence electrons. The summed E-state index contributed by atoms with van der Waals surface area (Å²) in [5.41, 5.74) is 1.52. The minimum absolute atomic E-state index is 0.0177. The summed E-state index contributed by atoms with van der Waals surface area (Å²) < 4.78 is 32.6. The van der Waals surface area contributed by atoms with Crippen LogP contribution in [0.1, 0.15) is 6.92 Å². The van der Waals surface area contributed by atoms with Gasteiger partial charge in [0.05, 0.1) is 23.0 Å². The van der Waals surface area contributed by atoms with Crippen LogP contribution in [0.15, 0.2) is 64.8 Å². The number of nitrogens with zero attached hydrogens (tertiary/aromatic N) is 3. The highest BCUT2D eigenvalue weighted by Gasteiger charge is 2.20. The van der Waals surface area contributed by atoms with Gasteiger partial charge >= 0.3 is 0 Å². The lowest BCUT2D eigenvalue weighted by atomic mass is 10.0. The highest BCUT2D eigenvalue weighted by molar-refractivity contribution is 7.91. The van der Waals surface area contributed by atoms with Gasteiger partial charge in [-0.1, -0.05) is 6.92 Å². The van der Waals surface area contributed by atoms with Crippen LogP contribution in [0.2, 0.25) is 0 Å². The molecule has 3 heterocycles. The summed E-state index contributed by atoms with van der Waals surface area (Å²) in [6, 6.07) is 8.15. The molecule has 0 saturated carbocycles. The fourth-order valence-electron chi connectivity index (χ4n) is 3.21. The van der Waals surface area contributed by atoms with Crippen LogP contribution in [0.25, 0.3) is 22.0 Å². The number of nitrogens with one attached hydrogen (secondary N) is 1. The van der Waals surface area contributed by atoms with E-state index in [0.717, 1.165) is 0 Å². The second-order valence-corrected chi connectivity index (χ2v) is 8.74. The molecule has 0 atom stereocenters. The quantitative estimate of drug-likeness (QED) is 0.542. The van der Waals surface area contributed by atoms with E-state index >= 15 is 0 Å². The molecule has 0 aliphatic heterocycles. The maximum Gasteiger partial charge on any atom is 0.272 e.